The largest absolute Gasteiger partial charge is 0.484 e. The van der Waals surface area contributed by atoms with Crippen molar-refractivity contribution in [3.63, 3.8) is 0 Å². The predicted octanol–water partition coefficient (Wildman–Crippen LogP) is 2.22. The van der Waals surface area contributed by atoms with Crippen LogP contribution in [0.5, 0.6) is 5.75 Å². The van der Waals surface area contributed by atoms with Gasteiger partial charge in [0.2, 0.25) is 11.9 Å². The first kappa shape index (κ1) is 16.6. The maximum atomic E-state index is 12.0. The van der Waals surface area contributed by atoms with Crippen LogP contribution in [0.1, 0.15) is 43.8 Å². The summed E-state index contributed by atoms with van der Waals surface area (Å²) in [6.45, 7) is 0.571. The molecule has 0 atom stereocenters. The molecule has 0 radical (unpaired) electrons. The van der Waals surface area contributed by atoms with Gasteiger partial charge in [-0.15, -0.1) is 5.10 Å². The summed E-state index contributed by atoms with van der Waals surface area (Å²) < 4.78 is 5.55. The van der Waals surface area contributed by atoms with E-state index in [9.17, 15) is 9.59 Å². The summed E-state index contributed by atoms with van der Waals surface area (Å²) in [7, 11) is 0. The minimum absolute atomic E-state index is 0.117. The molecular formula is C18H21N5O3. The quantitative estimate of drug-likeness (QED) is 0.827. The second kappa shape index (κ2) is 7.15. The maximum absolute atomic E-state index is 12.0. The number of hydrogen-bond donors (Lipinski definition) is 2. The molecule has 2 fully saturated rings. The van der Waals surface area contributed by atoms with E-state index in [2.05, 4.69) is 20.5 Å². The number of ether oxygens (including phenoxy) is 1. The highest BCUT2D eigenvalue weighted by Crippen LogP contribution is 2.34. The number of nitrogens with zero attached hydrogens (tertiary/aromatic N) is 3. The summed E-state index contributed by atoms with van der Waals surface area (Å²) in [5, 5.41) is 9.53. The van der Waals surface area contributed by atoms with Crippen LogP contribution >= 0.6 is 0 Å². The zero-order chi connectivity index (χ0) is 17.9. The van der Waals surface area contributed by atoms with E-state index in [0.717, 1.165) is 37.3 Å². The Balaban J connectivity index is 1.31. The van der Waals surface area contributed by atoms with Crippen LogP contribution in [0.15, 0.2) is 24.3 Å². The fraction of sp³-hybridized carbons (Fsp3) is 0.444. The Labute approximate surface area is 150 Å². The Kier molecular flexibility index (Phi) is 4.55. The van der Waals surface area contributed by atoms with Crippen LogP contribution in [0, 0.1) is 0 Å². The van der Waals surface area contributed by atoms with Gasteiger partial charge in [-0.1, -0.05) is 12.5 Å². The lowest BCUT2D eigenvalue weighted by Crippen LogP contribution is -2.24. The van der Waals surface area contributed by atoms with Gasteiger partial charge in [0, 0.05) is 30.6 Å². The summed E-state index contributed by atoms with van der Waals surface area (Å²) in [5.74, 6) is 1.87. The Hall–Kier alpha value is -2.90. The highest BCUT2D eigenvalue weighted by Gasteiger charge is 2.24. The SMILES string of the molecule is O=C(COc1cccc(N2CCCC2=O)c1)Nc1n[nH]c(C2CCC2)n1. The molecule has 1 aliphatic carbocycles. The van der Waals surface area contributed by atoms with E-state index in [0.29, 0.717) is 18.1 Å². The number of hydrogen-bond acceptors (Lipinski definition) is 5. The van der Waals surface area contributed by atoms with Crippen molar-refractivity contribution >= 4 is 23.5 Å². The van der Waals surface area contributed by atoms with Crippen molar-refractivity contribution in [2.24, 2.45) is 0 Å². The molecule has 26 heavy (non-hydrogen) atoms. The number of carbonyl (C=O) groups excluding carboxylic acids is 2. The summed E-state index contributed by atoms with van der Waals surface area (Å²) in [6.07, 6.45) is 4.88. The molecule has 0 bridgehead atoms. The van der Waals surface area contributed by atoms with Crippen molar-refractivity contribution in [3.05, 3.63) is 30.1 Å². The highest BCUT2D eigenvalue weighted by atomic mass is 16.5. The minimum atomic E-state index is -0.327. The summed E-state index contributed by atoms with van der Waals surface area (Å²) in [4.78, 5) is 29.9. The van der Waals surface area contributed by atoms with Gasteiger partial charge in [-0.2, -0.15) is 4.98 Å². The number of rotatable bonds is 6. The van der Waals surface area contributed by atoms with Gasteiger partial charge in [-0.05, 0) is 31.4 Å². The lowest BCUT2D eigenvalue weighted by Gasteiger charge is -2.22. The predicted molar refractivity (Wildman–Crippen MR) is 95.1 cm³/mol. The molecule has 0 unspecified atom stereocenters. The molecule has 2 amide bonds. The van der Waals surface area contributed by atoms with E-state index in [1.54, 1.807) is 17.0 Å². The van der Waals surface area contributed by atoms with Crippen LogP contribution < -0.4 is 15.0 Å². The molecule has 0 spiro atoms. The van der Waals surface area contributed by atoms with E-state index in [4.69, 9.17) is 4.74 Å². The molecule has 1 saturated carbocycles. The lowest BCUT2D eigenvalue weighted by molar-refractivity contribution is -0.118. The van der Waals surface area contributed by atoms with Crippen molar-refractivity contribution in [3.8, 4) is 5.75 Å². The van der Waals surface area contributed by atoms with Gasteiger partial charge in [0.25, 0.3) is 5.91 Å². The van der Waals surface area contributed by atoms with Gasteiger partial charge in [0.05, 0.1) is 0 Å². The van der Waals surface area contributed by atoms with Crippen molar-refractivity contribution in [1.82, 2.24) is 15.2 Å². The molecule has 2 N–H and O–H groups in total. The number of carbonyl (C=O) groups is 2. The van der Waals surface area contributed by atoms with Gasteiger partial charge < -0.3 is 9.64 Å². The number of nitrogens with one attached hydrogen (secondary N) is 2. The van der Waals surface area contributed by atoms with E-state index >= 15 is 0 Å². The number of aromatic nitrogens is 3. The smallest absolute Gasteiger partial charge is 0.264 e. The average Bonchev–Trinajstić information content (AvgIpc) is 3.21. The fourth-order valence-corrected chi connectivity index (χ4v) is 3.17. The molecule has 1 aromatic carbocycles. The Morgan fingerprint density at radius 3 is 2.96 bits per heavy atom. The zero-order valence-corrected chi connectivity index (χ0v) is 14.4. The highest BCUT2D eigenvalue weighted by molar-refractivity contribution is 5.95. The third-order valence-electron chi connectivity index (χ3n) is 4.82. The van der Waals surface area contributed by atoms with Crippen LogP contribution in [0.25, 0.3) is 0 Å². The molecule has 8 nitrogen and oxygen atoms in total. The number of amides is 2. The van der Waals surface area contributed by atoms with Crippen LogP contribution in [0.3, 0.4) is 0 Å². The molecule has 8 heteroatoms. The van der Waals surface area contributed by atoms with E-state index in [-0.39, 0.29) is 24.4 Å². The molecule has 2 aliphatic rings. The minimum Gasteiger partial charge on any atom is -0.484 e. The topological polar surface area (TPSA) is 100 Å². The van der Waals surface area contributed by atoms with Gasteiger partial charge in [0.15, 0.2) is 6.61 Å². The van der Waals surface area contributed by atoms with Crippen molar-refractivity contribution in [2.75, 3.05) is 23.4 Å². The molecule has 1 saturated heterocycles. The van der Waals surface area contributed by atoms with Crippen molar-refractivity contribution in [1.29, 1.82) is 0 Å². The van der Waals surface area contributed by atoms with Gasteiger partial charge in [-0.3, -0.25) is 20.0 Å². The average molecular weight is 355 g/mol. The van der Waals surface area contributed by atoms with Crippen LogP contribution in [0.4, 0.5) is 11.6 Å². The second-order valence-electron chi connectivity index (χ2n) is 6.66. The molecule has 136 valence electrons. The molecule has 1 aromatic heterocycles. The van der Waals surface area contributed by atoms with Crippen molar-refractivity contribution < 1.29 is 14.3 Å². The van der Waals surface area contributed by atoms with E-state index in [1.807, 2.05) is 12.1 Å². The first-order valence-electron chi connectivity index (χ1n) is 8.94. The van der Waals surface area contributed by atoms with Crippen LogP contribution in [-0.2, 0) is 9.59 Å². The molecule has 4 rings (SSSR count). The Morgan fingerprint density at radius 1 is 1.35 bits per heavy atom. The third kappa shape index (κ3) is 3.54. The van der Waals surface area contributed by atoms with Crippen LogP contribution in [-0.4, -0.2) is 40.1 Å². The van der Waals surface area contributed by atoms with E-state index < -0.39 is 0 Å². The van der Waals surface area contributed by atoms with Gasteiger partial charge >= 0.3 is 0 Å². The molecule has 2 heterocycles. The Morgan fingerprint density at radius 2 is 2.23 bits per heavy atom. The van der Waals surface area contributed by atoms with Gasteiger partial charge in [0.1, 0.15) is 11.6 Å². The standard InChI is InChI=1S/C18H21N5O3/c24-15(19-18-20-17(21-22-18)12-4-1-5-12)11-26-14-7-2-6-13(10-14)23-9-3-8-16(23)25/h2,6-7,10,12H,1,3-5,8-9,11H2,(H2,19,20,21,22,24). The number of benzene rings is 1. The van der Waals surface area contributed by atoms with Crippen LogP contribution in [0.2, 0.25) is 0 Å². The number of H-pyrrole nitrogens is 1. The molecule has 2 aromatic rings. The van der Waals surface area contributed by atoms with Crippen molar-refractivity contribution in [2.45, 2.75) is 38.0 Å². The normalized spacial score (nSPS) is 17.2. The summed E-state index contributed by atoms with van der Waals surface area (Å²) >= 11 is 0. The molecule has 1 aliphatic heterocycles. The number of aromatic amines is 1. The Bertz CT molecular complexity index is 815. The number of anilines is 2. The first-order valence-corrected chi connectivity index (χ1v) is 8.94. The maximum Gasteiger partial charge on any atom is 0.264 e. The summed E-state index contributed by atoms with van der Waals surface area (Å²) in [5.41, 5.74) is 0.796. The third-order valence-corrected chi connectivity index (χ3v) is 4.82. The van der Waals surface area contributed by atoms with E-state index in [1.165, 1.54) is 6.42 Å². The second-order valence-corrected chi connectivity index (χ2v) is 6.66. The lowest BCUT2D eigenvalue weighted by atomic mass is 9.85. The monoisotopic (exact) mass is 355 g/mol. The first-order chi connectivity index (χ1) is 12.7. The van der Waals surface area contributed by atoms with Gasteiger partial charge in [-0.25, -0.2) is 0 Å². The fourth-order valence-electron chi connectivity index (χ4n) is 3.17. The molecular weight excluding hydrogens is 334 g/mol. The zero-order valence-electron chi connectivity index (χ0n) is 14.4. The summed E-state index contributed by atoms with van der Waals surface area (Å²) in [6, 6.07) is 7.22.